The largest absolute Gasteiger partial charge is 0.489 e. The molecule has 0 saturated heterocycles. The summed E-state index contributed by atoms with van der Waals surface area (Å²) in [4.78, 5) is 4.62. The first-order chi connectivity index (χ1) is 12.1. The highest BCUT2D eigenvalue weighted by Crippen LogP contribution is 2.41. The number of benzene rings is 1. The van der Waals surface area contributed by atoms with Crippen molar-refractivity contribution in [3.63, 3.8) is 0 Å². The molecule has 0 spiro atoms. The van der Waals surface area contributed by atoms with Gasteiger partial charge in [-0.15, -0.1) is 0 Å². The van der Waals surface area contributed by atoms with Gasteiger partial charge in [0.2, 0.25) is 5.82 Å². The van der Waals surface area contributed by atoms with Crippen molar-refractivity contribution in [1.82, 2.24) is 10.1 Å². The fraction of sp³-hybridized carbons (Fsp3) is 0.400. The van der Waals surface area contributed by atoms with Crippen LogP contribution in [0.3, 0.4) is 0 Å². The second-order valence-corrected chi connectivity index (χ2v) is 6.93. The highest BCUT2D eigenvalue weighted by atomic mass is 16.5. The van der Waals surface area contributed by atoms with Gasteiger partial charge < -0.3 is 15.0 Å². The van der Waals surface area contributed by atoms with Crippen LogP contribution in [0.15, 0.2) is 39.9 Å². The Morgan fingerprint density at radius 1 is 1.20 bits per heavy atom. The lowest BCUT2D eigenvalue weighted by atomic mass is 9.92. The molecule has 0 amide bonds. The lowest BCUT2D eigenvalue weighted by molar-refractivity contribution is 0.244. The molecule has 0 bridgehead atoms. The number of aromatic nitrogens is 2. The van der Waals surface area contributed by atoms with Crippen molar-refractivity contribution in [3.05, 3.63) is 41.2 Å². The predicted octanol–water partition coefficient (Wildman–Crippen LogP) is 4.76. The van der Waals surface area contributed by atoms with Crippen LogP contribution in [-0.4, -0.2) is 16.2 Å². The Labute approximate surface area is 147 Å². The molecule has 1 heterocycles. The Balaban J connectivity index is 1.62. The maximum absolute atomic E-state index is 6.09. The number of rotatable bonds is 4. The maximum Gasteiger partial charge on any atom is 0.258 e. The number of nitrogens with zero attached hydrogens (tertiary/aromatic N) is 2. The molecule has 130 valence electrons. The van der Waals surface area contributed by atoms with Crippen molar-refractivity contribution in [2.24, 2.45) is 0 Å². The van der Waals surface area contributed by atoms with Crippen LogP contribution in [0.2, 0.25) is 0 Å². The Bertz CT molecular complexity index is 862. The van der Waals surface area contributed by atoms with E-state index in [0.717, 1.165) is 24.0 Å². The van der Waals surface area contributed by atoms with Crippen molar-refractivity contribution in [3.8, 4) is 17.2 Å². The van der Waals surface area contributed by atoms with Gasteiger partial charge in [-0.3, -0.25) is 0 Å². The highest BCUT2D eigenvalue weighted by molar-refractivity contribution is 5.78. The number of nitrogen functional groups attached to an aromatic ring is 1. The molecule has 5 nitrogen and oxygen atoms in total. The van der Waals surface area contributed by atoms with E-state index in [1.54, 1.807) is 5.57 Å². The lowest BCUT2D eigenvalue weighted by Crippen LogP contribution is -2.07. The Kier molecular flexibility index (Phi) is 4.07. The van der Waals surface area contributed by atoms with E-state index in [9.17, 15) is 0 Å². The predicted molar refractivity (Wildman–Crippen MR) is 98.0 cm³/mol. The minimum Gasteiger partial charge on any atom is -0.489 e. The molecule has 0 fully saturated rings. The molecular formula is C20H23N3O2. The minimum atomic E-state index is 0.0790. The van der Waals surface area contributed by atoms with Crippen LogP contribution in [0.5, 0.6) is 5.75 Å². The number of allylic oxidation sites excluding steroid dienone is 4. The van der Waals surface area contributed by atoms with Crippen molar-refractivity contribution in [1.29, 1.82) is 0 Å². The molecule has 1 aromatic heterocycles. The molecule has 0 atom stereocenters. The fourth-order valence-corrected chi connectivity index (χ4v) is 3.64. The monoisotopic (exact) mass is 337 g/mol. The van der Waals surface area contributed by atoms with Crippen molar-refractivity contribution < 1.29 is 9.26 Å². The second-order valence-electron chi connectivity index (χ2n) is 6.93. The van der Waals surface area contributed by atoms with Crippen LogP contribution in [0.4, 0.5) is 5.69 Å². The van der Waals surface area contributed by atoms with Gasteiger partial charge in [0, 0.05) is 11.1 Å². The first-order valence-corrected chi connectivity index (χ1v) is 8.94. The number of hydrogen-bond donors (Lipinski definition) is 1. The molecule has 4 rings (SSSR count). The summed E-state index contributed by atoms with van der Waals surface area (Å²) in [6.45, 7) is 3.95. The molecule has 0 unspecified atom stereocenters. The van der Waals surface area contributed by atoms with Crippen LogP contribution in [0.25, 0.3) is 17.0 Å². The smallest absolute Gasteiger partial charge is 0.258 e. The minimum absolute atomic E-state index is 0.0790. The molecule has 2 N–H and O–H groups in total. The summed E-state index contributed by atoms with van der Waals surface area (Å²) in [5, 5.41) is 4.22. The van der Waals surface area contributed by atoms with Gasteiger partial charge in [0.15, 0.2) is 0 Å². The second kappa shape index (κ2) is 6.39. The fourth-order valence-electron chi connectivity index (χ4n) is 3.64. The van der Waals surface area contributed by atoms with E-state index in [2.05, 4.69) is 16.2 Å². The summed E-state index contributed by atoms with van der Waals surface area (Å²) in [6, 6.07) is 5.58. The molecular weight excluding hydrogens is 314 g/mol. The van der Waals surface area contributed by atoms with Gasteiger partial charge in [0.25, 0.3) is 5.89 Å². The summed E-state index contributed by atoms with van der Waals surface area (Å²) in [5.74, 6) is 1.85. The molecule has 0 radical (unpaired) electrons. The van der Waals surface area contributed by atoms with E-state index in [1.165, 1.54) is 24.8 Å². The van der Waals surface area contributed by atoms with Crippen LogP contribution in [0, 0.1) is 0 Å². The van der Waals surface area contributed by atoms with Gasteiger partial charge in [-0.05, 0) is 69.7 Å². The normalized spacial score (nSPS) is 17.0. The van der Waals surface area contributed by atoms with E-state index < -0.39 is 0 Å². The number of anilines is 1. The van der Waals surface area contributed by atoms with Crippen molar-refractivity contribution in [2.75, 3.05) is 5.73 Å². The van der Waals surface area contributed by atoms with E-state index in [-0.39, 0.29) is 6.10 Å². The molecule has 2 aromatic rings. The number of ether oxygens (including phenoxy) is 1. The Morgan fingerprint density at radius 2 is 2.08 bits per heavy atom. The lowest BCUT2D eigenvalue weighted by Gasteiger charge is -2.13. The van der Waals surface area contributed by atoms with E-state index in [4.69, 9.17) is 15.0 Å². The summed E-state index contributed by atoms with van der Waals surface area (Å²) < 4.78 is 11.2. The Hall–Kier alpha value is -2.56. The average molecular weight is 337 g/mol. The standard InChI is InChI=1S/C20H23N3O2/c1-12(2)24-18-10-9-14(11-17(18)21)20-22-19(23-25-20)16-8-4-6-13-5-3-7-15(13)16/h8-12H,3-7,21H2,1-2H3. The molecule has 25 heavy (non-hydrogen) atoms. The van der Waals surface area contributed by atoms with Gasteiger partial charge in [-0.1, -0.05) is 16.8 Å². The topological polar surface area (TPSA) is 74.2 Å². The summed E-state index contributed by atoms with van der Waals surface area (Å²) in [7, 11) is 0. The highest BCUT2D eigenvalue weighted by Gasteiger charge is 2.24. The third-order valence-electron chi connectivity index (χ3n) is 4.74. The molecule has 0 aliphatic heterocycles. The van der Waals surface area contributed by atoms with E-state index >= 15 is 0 Å². The first-order valence-electron chi connectivity index (χ1n) is 8.94. The van der Waals surface area contributed by atoms with Crippen LogP contribution in [-0.2, 0) is 0 Å². The van der Waals surface area contributed by atoms with Crippen LogP contribution in [0.1, 0.15) is 51.8 Å². The van der Waals surface area contributed by atoms with E-state index in [0.29, 0.717) is 23.2 Å². The molecule has 2 aliphatic carbocycles. The van der Waals surface area contributed by atoms with Crippen LogP contribution >= 0.6 is 0 Å². The van der Waals surface area contributed by atoms with Gasteiger partial charge in [0.1, 0.15) is 5.75 Å². The number of nitrogens with two attached hydrogens (primary N) is 1. The zero-order valence-corrected chi connectivity index (χ0v) is 14.7. The molecule has 1 aromatic carbocycles. The zero-order chi connectivity index (χ0) is 17.4. The van der Waals surface area contributed by atoms with Gasteiger partial charge in [-0.25, -0.2) is 0 Å². The number of hydrogen-bond acceptors (Lipinski definition) is 5. The first kappa shape index (κ1) is 15.9. The van der Waals surface area contributed by atoms with Crippen molar-refractivity contribution in [2.45, 2.75) is 52.1 Å². The molecule has 5 heteroatoms. The van der Waals surface area contributed by atoms with E-state index in [1.807, 2.05) is 32.0 Å². The van der Waals surface area contributed by atoms with Gasteiger partial charge >= 0.3 is 0 Å². The Morgan fingerprint density at radius 3 is 2.88 bits per heavy atom. The molecule has 2 aliphatic rings. The van der Waals surface area contributed by atoms with Crippen molar-refractivity contribution >= 4 is 11.3 Å². The summed E-state index contributed by atoms with van der Waals surface area (Å²) in [5.41, 5.74) is 11.6. The average Bonchev–Trinajstić information content (AvgIpc) is 3.24. The van der Waals surface area contributed by atoms with Gasteiger partial charge in [-0.2, -0.15) is 4.98 Å². The SMILES string of the molecule is CC(C)Oc1ccc(-c2nc(C3=CCCC4=C3CCC4)no2)cc1N. The zero-order valence-electron chi connectivity index (χ0n) is 14.7. The van der Waals surface area contributed by atoms with Crippen LogP contribution < -0.4 is 10.5 Å². The third kappa shape index (κ3) is 3.06. The summed E-state index contributed by atoms with van der Waals surface area (Å²) in [6.07, 6.45) is 8.14. The van der Waals surface area contributed by atoms with Gasteiger partial charge in [0.05, 0.1) is 11.8 Å². The quantitative estimate of drug-likeness (QED) is 0.814. The molecule has 0 saturated carbocycles. The third-order valence-corrected chi connectivity index (χ3v) is 4.74. The maximum atomic E-state index is 6.09. The summed E-state index contributed by atoms with van der Waals surface area (Å²) >= 11 is 0.